The maximum Gasteiger partial charge on any atom is 0.417 e. The summed E-state index contributed by atoms with van der Waals surface area (Å²) < 4.78 is 43.3. The molecule has 0 amide bonds. The lowest BCUT2D eigenvalue weighted by Crippen LogP contribution is -2.56. The number of halogens is 3. The molecule has 0 saturated heterocycles. The molecular formula is C9H15F3N4O. The van der Waals surface area contributed by atoms with Crippen molar-refractivity contribution in [2.75, 3.05) is 13.7 Å². The van der Waals surface area contributed by atoms with Crippen LogP contribution in [0.3, 0.4) is 0 Å². The summed E-state index contributed by atoms with van der Waals surface area (Å²) in [5, 5.41) is 2.22. The van der Waals surface area contributed by atoms with Crippen LogP contribution < -0.4 is 16.8 Å². The quantitative estimate of drug-likeness (QED) is 0.673. The number of hydrogen-bond donors (Lipinski definition) is 3. The molecule has 0 aromatic heterocycles. The summed E-state index contributed by atoms with van der Waals surface area (Å²) in [4.78, 5) is 3.67. The van der Waals surface area contributed by atoms with Gasteiger partial charge in [0.05, 0.1) is 12.2 Å². The third-order valence-electron chi connectivity index (χ3n) is 2.57. The fourth-order valence-corrected chi connectivity index (χ4v) is 1.62. The van der Waals surface area contributed by atoms with Crippen molar-refractivity contribution in [1.82, 2.24) is 5.32 Å². The number of nitrogens with two attached hydrogens (primary N) is 2. The molecule has 0 radical (unpaired) electrons. The molecule has 0 bridgehead atoms. The van der Waals surface area contributed by atoms with Crippen molar-refractivity contribution < 1.29 is 17.9 Å². The van der Waals surface area contributed by atoms with Crippen molar-refractivity contribution in [2.45, 2.75) is 18.8 Å². The summed E-state index contributed by atoms with van der Waals surface area (Å²) >= 11 is 0. The minimum atomic E-state index is -4.58. The second kappa shape index (κ2) is 4.53. The maximum atomic E-state index is 12.8. The molecule has 0 aromatic carbocycles. The Labute approximate surface area is 96.7 Å². The number of nitrogens with one attached hydrogen (secondary N) is 1. The van der Waals surface area contributed by atoms with E-state index in [1.165, 1.54) is 14.0 Å². The van der Waals surface area contributed by atoms with Crippen molar-refractivity contribution >= 4 is 5.96 Å². The number of alkyl halides is 3. The predicted octanol–water partition coefficient (Wildman–Crippen LogP) is 0.288. The topological polar surface area (TPSA) is 85.7 Å². The van der Waals surface area contributed by atoms with Crippen LogP contribution in [0.25, 0.3) is 0 Å². The zero-order valence-corrected chi connectivity index (χ0v) is 9.51. The summed E-state index contributed by atoms with van der Waals surface area (Å²) in [6, 6.07) is 0. The van der Waals surface area contributed by atoms with Gasteiger partial charge in [-0.3, -0.25) is 0 Å². The fourth-order valence-electron chi connectivity index (χ4n) is 1.62. The number of hydrogen-bond acceptors (Lipinski definition) is 5. The van der Waals surface area contributed by atoms with Crippen LogP contribution in [-0.2, 0) is 4.74 Å². The Morgan fingerprint density at radius 1 is 1.59 bits per heavy atom. The molecule has 5 nitrogen and oxygen atoms in total. The van der Waals surface area contributed by atoms with E-state index in [4.69, 9.17) is 16.2 Å². The van der Waals surface area contributed by atoms with Gasteiger partial charge in [0.25, 0.3) is 0 Å². The second-order valence-corrected chi connectivity index (χ2v) is 3.88. The van der Waals surface area contributed by atoms with Crippen LogP contribution in [0.15, 0.2) is 16.8 Å². The molecule has 0 fully saturated rings. The Bertz CT molecular complexity index is 353. The zero-order chi connectivity index (χ0) is 13.3. The van der Waals surface area contributed by atoms with Crippen molar-refractivity contribution in [3.05, 3.63) is 11.8 Å². The first-order chi connectivity index (χ1) is 7.71. The molecule has 5 N–H and O–H groups in total. The lowest BCUT2D eigenvalue weighted by atomic mass is 9.87. The van der Waals surface area contributed by atoms with Gasteiger partial charge in [-0.2, -0.15) is 13.2 Å². The standard InChI is InChI=1S/C9H15F3N4O/c1-5(4-17-2)8(14)6(9(10,11)12)3-15-7(13)16-8/h3,5H,4,14H2,1-2H3,(H3,13,15,16). The molecule has 8 heteroatoms. The van der Waals surface area contributed by atoms with Gasteiger partial charge in [-0.05, 0) is 0 Å². The number of aliphatic imine (C=N–C) groups is 1. The first-order valence-corrected chi connectivity index (χ1v) is 4.89. The van der Waals surface area contributed by atoms with E-state index in [9.17, 15) is 13.2 Å². The molecule has 1 rings (SSSR count). The smallest absolute Gasteiger partial charge is 0.384 e. The van der Waals surface area contributed by atoms with Gasteiger partial charge in [-0.25, -0.2) is 4.99 Å². The Balaban J connectivity index is 3.13. The molecule has 17 heavy (non-hydrogen) atoms. The summed E-state index contributed by atoms with van der Waals surface area (Å²) in [5.74, 6) is -0.815. The molecule has 98 valence electrons. The molecule has 1 aliphatic rings. The number of methoxy groups -OCH3 is 1. The Morgan fingerprint density at radius 3 is 2.65 bits per heavy atom. The average molecular weight is 252 g/mol. The van der Waals surface area contributed by atoms with Gasteiger partial charge >= 0.3 is 6.18 Å². The summed E-state index contributed by atoms with van der Waals surface area (Å²) in [7, 11) is 1.38. The monoisotopic (exact) mass is 252 g/mol. The largest absolute Gasteiger partial charge is 0.417 e. The number of nitrogens with zero attached hydrogens (tertiary/aromatic N) is 1. The van der Waals surface area contributed by atoms with Gasteiger partial charge in [0.1, 0.15) is 5.66 Å². The van der Waals surface area contributed by atoms with Crippen LogP contribution in [0.4, 0.5) is 13.2 Å². The molecule has 2 atom stereocenters. The normalized spacial score (nSPS) is 26.9. The van der Waals surface area contributed by atoms with E-state index in [1.54, 1.807) is 0 Å². The summed E-state index contributed by atoms with van der Waals surface area (Å²) in [6.07, 6.45) is -3.83. The second-order valence-electron chi connectivity index (χ2n) is 3.88. The fraction of sp³-hybridized carbons (Fsp3) is 0.667. The predicted molar refractivity (Wildman–Crippen MR) is 56.9 cm³/mol. The third-order valence-corrected chi connectivity index (χ3v) is 2.57. The van der Waals surface area contributed by atoms with Gasteiger partial charge < -0.3 is 21.5 Å². The van der Waals surface area contributed by atoms with Gasteiger partial charge in [-0.1, -0.05) is 6.92 Å². The van der Waals surface area contributed by atoms with Gasteiger partial charge in [0.15, 0.2) is 5.96 Å². The summed E-state index contributed by atoms with van der Waals surface area (Å²) in [6.45, 7) is 1.56. The molecule has 1 aliphatic heterocycles. The van der Waals surface area contributed by atoms with E-state index in [0.29, 0.717) is 0 Å². The molecule has 0 saturated carbocycles. The lowest BCUT2D eigenvalue weighted by Gasteiger charge is -2.36. The molecule has 0 aliphatic carbocycles. The van der Waals surface area contributed by atoms with Crippen LogP contribution in [-0.4, -0.2) is 31.5 Å². The molecular weight excluding hydrogens is 237 g/mol. The van der Waals surface area contributed by atoms with E-state index in [-0.39, 0.29) is 12.6 Å². The minimum Gasteiger partial charge on any atom is -0.384 e. The van der Waals surface area contributed by atoms with Gasteiger partial charge in [-0.15, -0.1) is 0 Å². The number of ether oxygens (including phenoxy) is 1. The van der Waals surface area contributed by atoms with Gasteiger partial charge in [0, 0.05) is 19.2 Å². The van der Waals surface area contributed by atoms with Crippen molar-refractivity contribution in [2.24, 2.45) is 22.4 Å². The highest BCUT2D eigenvalue weighted by Crippen LogP contribution is 2.38. The summed E-state index contributed by atoms with van der Waals surface area (Å²) in [5.41, 5.74) is 8.19. The average Bonchev–Trinajstić information content (AvgIpc) is 2.15. The Kier molecular flexibility index (Phi) is 3.68. The number of guanidine groups is 1. The first-order valence-electron chi connectivity index (χ1n) is 4.89. The van der Waals surface area contributed by atoms with Crippen LogP contribution in [0.2, 0.25) is 0 Å². The van der Waals surface area contributed by atoms with E-state index in [1.807, 2.05) is 0 Å². The van der Waals surface area contributed by atoms with Crippen molar-refractivity contribution in [3.8, 4) is 0 Å². The van der Waals surface area contributed by atoms with E-state index < -0.39 is 23.3 Å². The molecule has 2 unspecified atom stereocenters. The Hall–Kier alpha value is -1.28. The molecule has 0 aromatic rings. The van der Waals surface area contributed by atoms with Gasteiger partial charge in [0.2, 0.25) is 0 Å². The lowest BCUT2D eigenvalue weighted by molar-refractivity contribution is -0.105. The van der Waals surface area contributed by atoms with E-state index in [2.05, 4.69) is 10.3 Å². The van der Waals surface area contributed by atoms with Crippen LogP contribution >= 0.6 is 0 Å². The molecule has 0 spiro atoms. The van der Waals surface area contributed by atoms with Crippen molar-refractivity contribution in [3.63, 3.8) is 0 Å². The zero-order valence-electron chi connectivity index (χ0n) is 9.51. The van der Waals surface area contributed by atoms with E-state index in [0.717, 1.165) is 6.20 Å². The minimum absolute atomic E-state index is 0.0424. The number of rotatable bonds is 3. The third kappa shape index (κ3) is 2.70. The highest BCUT2D eigenvalue weighted by atomic mass is 19.4. The highest BCUT2D eigenvalue weighted by Gasteiger charge is 2.50. The highest BCUT2D eigenvalue weighted by molar-refractivity contribution is 5.81. The Morgan fingerprint density at radius 2 is 2.18 bits per heavy atom. The van der Waals surface area contributed by atoms with Crippen molar-refractivity contribution in [1.29, 1.82) is 0 Å². The van der Waals surface area contributed by atoms with Crippen LogP contribution in [0, 0.1) is 5.92 Å². The first kappa shape index (κ1) is 13.8. The van der Waals surface area contributed by atoms with E-state index >= 15 is 0 Å². The molecule has 1 heterocycles. The van der Waals surface area contributed by atoms with Crippen LogP contribution in [0.5, 0.6) is 0 Å². The van der Waals surface area contributed by atoms with Crippen LogP contribution in [0.1, 0.15) is 6.92 Å². The maximum absolute atomic E-state index is 12.8. The SMILES string of the molecule is COCC(C)C1(N)N=C(N)NC=C1C(F)(F)F.